The molecule has 1 N–H and O–H groups in total. The van der Waals surface area contributed by atoms with Gasteiger partial charge in [-0.15, -0.1) is 0 Å². The topological polar surface area (TPSA) is 37.3 Å². The SMILES string of the molecule is C=C(C)C(CC(=O)O)c1ccccc1/C=C\C. The molecule has 0 fully saturated rings. The highest BCUT2D eigenvalue weighted by Gasteiger charge is 2.18. The number of carboxylic acids is 1. The first-order valence-electron chi connectivity index (χ1n) is 5.65. The normalized spacial score (nSPS) is 12.6. The molecule has 0 aliphatic rings. The van der Waals surface area contributed by atoms with Crippen molar-refractivity contribution in [3.05, 3.63) is 53.6 Å². The predicted molar refractivity (Wildman–Crippen MR) is 71.0 cm³/mol. The lowest BCUT2D eigenvalue weighted by atomic mass is 9.87. The van der Waals surface area contributed by atoms with Gasteiger partial charge in [-0.2, -0.15) is 0 Å². The molecule has 1 atom stereocenters. The third kappa shape index (κ3) is 3.59. The molecule has 2 heteroatoms. The van der Waals surface area contributed by atoms with Crippen molar-refractivity contribution < 1.29 is 9.90 Å². The predicted octanol–water partition coefficient (Wildman–Crippen LogP) is 3.85. The Balaban J connectivity index is 3.17. The summed E-state index contributed by atoms with van der Waals surface area (Å²) in [7, 11) is 0. The van der Waals surface area contributed by atoms with Crippen LogP contribution in [-0.4, -0.2) is 11.1 Å². The van der Waals surface area contributed by atoms with Crippen LogP contribution in [0.3, 0.4) is 0 Å². The van der Waals surface area contributed by atoms with Crippen LogP contribution in [0.4, 0.5) is 0 Å². The molecule has 0 aliphatic heterocycles. The van der Waals surface area contributed by atoms with Gasteiger partial charge < -0.3 is 5.11 Å². The molecule has 0 saturated carbocycles. The van der Waals surface area contributed by atoms with Gasteiger partial charge in [0, 0.05) is 5.92 Å². The number of hydrogen-bond donors (Lipinski definition) is 1. The second-order valence-corrected chi connectivity index (χ2v) is 4.13. The van der Waals surface area contributed by atoms with E-state index in [4.69, 9.17) is 5.11 Å². The lowest BCUT2D eigenvalue weighted by Crippen LogP contribution is -2.08. The Bertz CT molecular complexity index is 444. The fourth-order valence-electron chi connectivity index (χ4n) is 1.88. The maximum Gasteiger partial charge on any atom is 0.304 e. The minimum absolute atomic E-state index is 0.0872. The van der Waals surface area contributed by atoms with E-state index in [9.17, 15) is 4.79 Å². The summed E-state index contributed by atoms with van der Waals surface area (Å²) in [5, 5.41) is 8.96. The molecule has 0 bridgehead atoms. The van der Waals surface area contributed by atoms with Crippen LogP contribution in [0.25, 0.3) is 6.08 Å². The number of rotatable bonds is 5. The first kappa shape index (κ1) is 13.2. The Morgan fingerprint density at radius 3 is 2.65 bits per heavy atom. The Morgan fingerprint density at radius 1 is 1.47 bits per heavy atom. The van der Waals surface area contributed by atoms with Crippen molar-refractivity contribution in [3.63, 3.8) is 0 Å². The third-order valence-corrected chi connectivity index (χ3v) is 2.69. The van der Waals surface area contributed by atoms with Crippen molar-refractivity contribution in [2.75, 3.05) is 0 Å². The zero-order valence-corrected chi connectivity index (χ0v) is 10.3. The molecule has 0 aliphatic carbocycles. The summed E-state index contributed by atoms with van der Waals surface area (Å²) in [5.74, 6) is -0.923. The maximum absolute atomic E-state index is 10.9. The van der Waals surface area contributed by atoms with Gasteiger partial charge in [0.15, 0.2) is 0 Å². The van der Waals surface area contributed by atoms with Gasteiger partial charge in [-0.05, 0) is 25.0 Å². The Labute approximate surface area is 102 Å². The van der Waals surface area contributed by atoms with Crippen molar-refractivity contribution in [1.29, 1.82) is 0 Å². The summed E-state index contributed by atoms with van der Waals surface area (Å²) in [6.07, 6.45) is 4.03. The van der Waals surface area contributed by atoms with Crippen LogP contribution < -0.4 is 0 Å². The molecule has 17 heavy (non-hydrogen) atoms. The van der Waals surface area contributed by atoms with Crippen molar-refractivity contribution in [2.45, 2.75) is 26.2 Å². The summed E-state index contributed by atoms with van der Waals surface area (Å²) >= 11 is 0. The summed E-state index contributed by atoms with van der Waals surface area (Å²) in [6.45, 7) is 7.72. The van der Waals surface area contributed by atoms with Gasteiger partial charge >= 0.3 is 5.97 Å². The highest BCUT2D eigenvalue weighted by atomic mass is 16.4. The maximum atomic E-state index is 10.9. The summed E-state index contributed by atoms with van der Waals surface area (Å²) in [4.78, 5) is 10.9. The summed E-state index contributed by atoms with van der Waals surface area (Å²) < 4.78 is 0. The van der Waals surface area contributed by atoms with Gasteiger partial charge in [-0.25, -0.2) is 0 Å². The number of carbonyl (C=O) groups is 1. The fourth-order valence-corrected chi connectivity index (χ4v) is 1.88. The van der Waals surface area contributed by atoms with Gasteiger partial charge in [-0.3, -0.25) is 4.79 Å². The smallest absolute Gasteiger partial charge is 0.304 e. The zero-order valence-electron chi connectivity index (χ0n) is 10.3. The monoisotopic (exact) mass is 230 g/mol. The second kappa shape index (κ2) is 6.04. The van der Waals surface area contributed by atoms with Crippen molar-refractivity contribution in [2.24, 2.45) is 0 Å². The Kier molecular flexibility index (Phi) is 4.70. The van der Waals surface area contributed by atoms with Crippen LogP contribution in [-0.2, 0) is 4.79 Å². The van der Waals surface area contributed by atoms with E-state index in [0.29, 0.717) is 0 Å². The van der Waals surface area contributed by atoms with Crippen LogP contribution >= 0.6 is 0 Å². The minimum atomic E-state index is -0.798. The molecule has 0 saturated heterocycles. The number of allylic oxidation sites excluding steroid dienone is 2. The fraction of sp³-hybridized carbons (Fsp3) is 0.267. The van der Waals surface area contributed by atoms with Gasteiger partial charge in [0.25, 0.3) is 0 Å². The molecule has 1 aromatic carbocycles. The number of hydrogen-bond acceptors (Lipinski definition) is 1. The molecule has 2 nitrogen and oxygen atoms in total. The number of aliphatic carboxylic acids is 1. The second-order valence-electron chi connectivity index (χ2n) is 4.13. The van der Waals surface area contributed by atoms with Gasteiger partial charge in [0.1, 0.15) is 0 Å². The van der Waals surface area contributed by atoms with Gasteiger partial charge in [0.05, 0.1) is 6.42 Å². The Hall–Kier alpha value is -1.83. The minimum Gasteiger partial charge on any atom is -0.481 e. The molecule has 1 unspecified atom stereocenters. The third-order valence-electron chi connectivity index (χ3n) is 2.69. The molecule has 1 rings (SSSR count). The van der Waals surface area contributed by atoms with E-state index in [1.165, 1.54) is 0 Å². The standard InChI is InChI=1S/C15H18O2/c1-4-7-12-8-5-6-9-13(12)14(11(2)3)10-15(16)17/h4-9,14H,2,10H2,1,3H3,(H,16,17)/b7-4-. The van der Waals surface area contributed by atoms with E-state index in [1.807, 2.05) is 50.3 Å². The summed E-state index contributed by atoms with van der Waals surface area (Å²) in [5.41, 5.74) is 2.97. The van der Waals surface area contributed by atoms with Gasteiger partial charge in [0.2, 0.25) is 0 Å². The van der Waals surface area contributed by atoms with E-state index in [-0.39, 0.29) is 12.3 Å². The van der Waals surface area contributed by atoms with E-state index < -0.39 is 5.97 Å². The van der Waals surface area contributed by atoms with Crippen molar-refractivity contribution >= 4 is 12.0 Å². The average molecular weight is 230 g/mol. The Morgan fingerprint density at radius 2 is 2.12 bits per heavy atom. The van der Waals surface area contributed by atoms with Crippen LogP contribution in [0.15, 0.2) is 42.5 Å². The van der Waals surface area contributed by atoms with Crippen LogP contribution in [0.5, 0.6) is 0 Å². The van der Waals surface area contributed by atoms with Gasteiger partial charge in [-0.1, -0.05) is 48.6 Å². The molecule has 0 radical (unpaired) electrons. The molecular weight excluding hydrogens is 212 g/mol. The van der Waals surface area contributed by atoms with E-state index >= 15 is 0 Å². The average Bonchev–Trinajstić information content (AvgIpc) is 2.27. The van der Waals surface area contributed by atoms with Crippen molar-refractivity contribution in [3.8, 4) is 0 Å². The molecule has 1 aromatic rings. The number of carboxylic acid groups (broad SMARTS) is 1. The van der Waals surface area contributed by atoms with E-state index in [1.54, 1.807) is 0 Å². The number of benzene rings is 1. The molecular formula is C15H18O2. The quantitative estimate of drug-likeness (QED) is 0.780. The largest absolute Gasteiger partial charge is 0.481 e. The van der Waals surface area contributed by atoms with Crippen molar-refractivity contribution in [1.82, 2.24) is 0 Å². The van der Waals surface area contributed by atoms with E-state index in [0.717, 1.165) is 16.7 Å². The summed E-state index contributed by atoms with van der Waals surface area (Å²) in [6, 6.07) is 7.85. The van der Waals surface area contributed by atoms with Crippen LogP contribution in [0.1, 0.15) is 37.3 Å². The highest BCUT2D eigenvalue weighted by molar-refractivity contribution is 5.70. The molecule has 0 heterocycles. The lowest BCUT2D eigenvalue weighted by Gasteiger charge is -2.17. The zero-order chi connectivity index (χ0) is 12.8. The highest BCUT2D eigenvalue weighted by Crippen LogP contribution is 2.30. The lowest BCUT2D eigenvalue weighted by molar-refractivity contribution is -0.137. The molecule has 90 valence electrons. The first-order chi connectivity index (χ1) is 8.06. The van der Waals surface area contributed by atoms with Crippen LogP contribution in [0.2, 0.25) is 0 Å². The van der Waals surface area contributed by atoms with E-state index in [2.05, 4.69) is 6.58 Å². The van der Waals surface area contributed by atoms with Crippen LogP contribution in [0, 0.1) is 0 Å². The first-order valence-corrected chi connectivity index (χ1v) is 5.65. The molecule has 0 spiro atoms. The molecule has 0 aromatic heterocycles. The molecule has 0 amide bonds.